The summed E-state index contributed by atoms with van der Waals surface area (Å²) in [4.78, 5) is 17.2. The van der Waals surface area contributed by atoms with Crippen molar-refractivity contribution in [2.45, 2.75) is 0 Å². The Bertz CT molecular complexity index is 810. The molecule has 0 radical (unpaired) electrons. The molecule has 22 heavy (non-hydrogen) atoms. The highest BCUT2D eigenvalue weighted by Gasteiger charge is 2.05. The minimum atomic E-state index is 0.667. The van der Waals surface area contributed by atoms with E-state index >= 15 is 0 Å². The lowest BCUT2D eigenvalue weighted by Crippen LogP contribution is -2.08. The van der Waals surface area contributed by atoms with E-state index in [1.54, 1.807) is 18.3 Å². The van der Waals surface area contributed by atoms with Crippen LogP contribution in [0.15, 0.2) is 54.7 Å². The van der Waals surface area contributed by atoms with E-state index in [2.05, 4.69) is 33.4 Å². The van der Waals surface area contributed by atoms with Gasteiger partial charge >= 0.3 is 0 Å². The van der Waals surface area contributed by atoms with Crippen LogP contribution in [0.2, 0.25) is 0 Å². The van der Waals surface area contributed by atoms with Gasteiger partial charge in [0.05, 0.1) is 5.52 Å². The van der Waals surface area contributed by atoms with E-state index < -0.39 is 0 Å². The fourth-order valence-electron chi connectivity index (χ4n) is 2.32. The van der Waals surface area contributed by atoms with E-state index in [-0.39, 0.29) is 0 Å². The molecule has 4 nitrogen and oxygen atoms in total. The number of anilines is 3. The normalized spacial score (nSPS) is 10.5. The molecule has 0 aliphatic heterocycles. The van der Waals surface area contributed by atoms with Crippen molar-refractivity contribution < 1.29 is 4.79 Å². The molecular weight excluding hydrogens is 274 g/mol. The summed E-state index contributed by atoms with van der Waals surface area (Å²) in [6, 6.07) is 15.5. The van der Waals surface area contributed by atoms with Crippen molar-refractivity contribution in [3.63, 3.8) is 0 Å². The monoisotopic (exact) mass is 291 g/mol. The quantitative estimate of drug-likeness (QED) is 0.741. The first kappa shape index (κ1) is 14.1. The molecule has 0 aliphatic carbocycles. The molecule has 110 valence electrons. The minimum absolute atomic E-state index is 0.667. The average Bonchev–Trinajstić information content (AvgIpc) is 2.55. The maximum Gasteiger partial charge on any atom is 0.150 e. The van der Waals surface area contributed by atoms with E-state index in [1.807, 2.05) is 32.3 Å². The Balaban J connectivity index is 1.97. The molecule has 0 unspecified atom stereocenters. The number of rotatable bonds is 4. The average molecular weight is 291 g/mol. The van der Waals surface area contributed by atoms with Gasteiger partial charge in [-0.15, -0.1) is 0 Å². The van der Waals surface area contributed by atoms with Crippen LogP contribution in [0, 0.1) is 0 Å². The van der Waals surface area contributed by atoms with Crippen molar-refractivity contribution in [3.05, 3.63) is 60.3 Å². The number of fused-ring (bicyclic) bond motifs is 1. The topological polar surface area (TPSA) is 45.2 Å². The molecule has 0 saturated carbocycles. The van der Waals surface area contributed by atoms with Crippen molar-refractivity contribution in [1.82, 2.24) is 4.98 Å². The fraction of sp³-hybridized carbons (Fsp3) is 0.111. The van der Waals surface area contributed by atoms with Gasteiger partial charge in [0.1, 0.15) is 6.29 Å². The molecule has 4 heteroatoms. The summed E-state index contributed by atoms with van der Waals surface area (Å²) in [5.41, 5.74) is 4.66. The maximum atomic E-state index is 10.7. The van der Waals surface area contributed by atoms with Crippen LogP contribution in [0.5, 0.6) is 0 Å². The first-order valence-electron chi connectivity index (χ1n) is 7.06. The van der Waals surface area contributed by atoms with Gasteiger partial charge in [-0.05, 0) is 48.5 Å². The molecule has 3 rings (SSSR count). The number of aromatic nitrogens is 1. The number of hydrogen-bond donors (Lipinski definition) is 1. The summed E-state index contributed by atoms with van der Waals surface area (Å²) in [6.07, 6.45) is 2.64. The third-order valence-corrected chi connectivity index (χ3v) is 3.57. The van der Waals surface area contributed by atoms with E-state index in [4.69, 9.17) is 0 Å². The Kier molecular flexibility index (Phi) is 3.74. The van der Waals surface area contributed by atoms with E-state index in [0.717, 1.165) is 34.3 Å². The molecule has 0 aliphatic rings. The van der Waals surface area contributed by atoms with Gasteiger partial charge in [0.25, 0.3) is 0 Å². The Morgan fingerprint density at radius 3 is 2.50 bits per heavy atom. The van der Waals surface area contributed by atoms with E-state index in [0.29, 0.717) is 5.56 Å². The lowest BCUT2D eigenvalue weighted by molar-refractivity contribution is 0.112. The first-order chi connectivity index (χ1) is 10.7. The first-order valence-corrected chi connectivity index (χ1v) is 7.06. The second-order valence-electron chi connectivity index (χ2n) is 5.32. The number of carbonyl (C=O) groups is 1. The summed E-state index contributed by atoms with van der Waals surface area (Å²) in [5.74, 6) is 0. The number of nitrogens with zero attached hydrogens (tertiary/aromatic N) is 2. The predicted molar refractivity (Wildman–Crippen MR) is 91.2 cm³/mol. The zero-order valence-electron chi connectivity index (χ0n) is 12.6. The van der Waals surface area contributed by atoms with Gasteiger partial charge in [-0.1, -0.05) is 0 Å². The van der Waals surface area contributed by atoms with Crippen LogP contribution >= 0.6 is 0 Å². The van der Waals surface area contributed by atoms with Crippen LogP contribution in [0.3, 0.4) is 0 Å². The SMILES string of the molecule is CN(C)c1ccc2c(Nc3ccc(C=O)cc3)ccnc2c1. The Hall–Kier alpha value is -2.88. The number of carbonyl (C=O) groups excluding carboxylic acids is 1. The van der Waals surface area contributed by atoms with Crippen LogP contribution in [0.1, 0.15) is 10.4 Å². The lowest BCUT2D eigenvalue weighted by atomic mass is 10.1. The molecular formula is C18H17N3O. The third kappa shape index (κ3) is 2.76. The van der Waals surface area contributed by atoms with Gasteiger partial charge in [-0.3, -0.25) is 9.78 Å². The highest BCUT2D eigenvalue weighted by Crippen LogP contribution is 2.27. The highest BCUT2D eigenvalue weighted by atomic mass is 16.1. The molecule has 0 bridgehead atoms. The zero-order valence-corrected chi connectivity index (χ0v) is 12.6. The van der Waals surface area contributed by atoms with Crippen molar-refractivity contribution >= 4 is 34.3 Å². The summed E-state index contributed by atoms with van der Waals surface area (Å²) < 4.78 is 0. The molecule has 2 aromatic carbocycles. The number of nitrogens with one attached hydrogen (secondary N) is 1. The molecule has 0 amide bonds. The Morgan fingerprint density at radius 2 is 1.82 bits per heavy atom. The third-order valence-electron chi connectivity index (χ3n) is 3.57. The van der Waals surface area contributed by atoms with Crippen molar-refractivity contribution in [3.8, 4) is 0 Å². The number of hydrogen-bond acceptors (Lipinski definition) is 4. The van der Waals surface area contributed by atoms with Crippen LogP contribution in [0.25, 0.3) is 10.9 Å². The van der Waals surface area contributed by atoms with E-state index in [1.165, 1.54) is 0 Å². The standard InChI is InChI=1S/C18H17N3O/c1-21(2)15-7-8-16-17(9-10-19-18(16)11-15)20-14-5-3-13(12-22)4-6-14/h3-12H,1-2H3,(H,19,20). The van der Waals surface area contributed by atoms with Gasteiger partial charge in [-0.2, -0.15) is 0 Å². The smallest absolute Gasteiger partial charge is 0.150 e. The number of pyridine rings is 1. The Labute approximate surface area is 129 Å². The second-order valence-corrected chi connectivity index (χ2v) is 5.32. The van der Waals surface area contributed by atoms with Crippen LogP contribution in [-0.2, 0) is 0 Å². The van der Waals surface area contributed by atoms with Crippen LogP contribution in [0.4, 0.5) is 17.1 Å². The predicted octanol–water partition coefficient (Wildman–Crippen LogP) is 3.86. The lowest BCUT2D eigenvalue weighted by Gasteiger charge is -2.14. The molecule has 0 fully saturated rings. The molecule has 0 saturated heterocycles. The largest absolute Gasteiger partial charge is 0.378 e. The molecule has 0 atom stereocenters. The number of benzene rings is 2. The van der Waals surface area contributed by atoms with Gasteiger partial charge in [0.2, 0.25) is 0 Å². The molecule has 1 aromatic heterocycles. The second kappa shape index (κ2) is 5.85. The van der Waals surface area contributed by atoms with Crippen LogP contribution < -0.4 is 10.2 Å². The minimum Gasteiger partial charge on any atom is -0.378 e. The summed E-state index contributed by atoms with van der Waals surface area (Å²) >= 11 is 0. The summed E-state index contributed by atoms with van der Waals surface area (Å²) in [6.45, 7) is 0. The van der Waals surface area contributed by atoms with Crippen molar-refractivity contribution in [2.24, 2.45) is 0 Å². The van der Waals surface area contributed by atoms with Crippen molar-refractivity contribution in [1.29, 1.82) is 0 Å². The van der Waals surface area contributed by atoms with E-state index in [9.17, 15) is 4.79 Å². The molecule has 0 spiro atoms. The van der Waals surface area contributed by atoms with Gasteiger partial charge in [0, 0.05) is 48.3 Å². The summed E-state index contributed by atoms with van der Waals surface area (Å²) in [7, 11) is 4.02. The fourth-order valence-corrected chi connectivity index (χ4v) is 2.32. The molecule has 1 heterocycles. The van der Waals surface area contributed by atoms with Crippen molar-refractivity contribution in [2.75, 3.05) is 24.3 Å². The van der Waals surface area contributed by atoms with Crippen LogP contribution in [-0.4, -0.2) is 25.4 Å². The van der Waals surface area contributed by atoms with Gasteiger partial charge in [0.15, 0.2) is 0 Å². The summed E-state index contributed by atoms with van der Waals surface area (Å²) in [5, 5.41) is 4.44. The number of aldehydes is 1. The highest BCUT2D eigenvalue weighted by molar-refractivity contribution is 5.94. The van der Waals surface area contributed by atoms with Gasteiger partial charge < -0.3 is 10.2 Å². The zero-order chi connectivity index (χ0) is 15.5. The van der Waals surface area contributed by atoms with Gasteiger partial charge in [-0.25, -0.2) is 0 Å². The maximum absolute atomic E-state index is 10.7. The molecule has 1 N–H and O–H groups in total. The molecule has 3 aromatic rings. The Morgan fingerprint density at radius 1 is 1.05 bits per heavy atom.